The maximum Gasteiger partial charge on any atom is 0.417 e. The molecule has 0 aliphatic rings. The highest BCUT2D eigenvalue weighted by Gasteiger charge is 2.18. The van der Waals surface area contributed by atoms with E-state index in [1.165, 1.54) is 6.07 Å². The van der Waals surface area contributed by atoms with Crippen molar-refractivity contribution in [2.75, 3.05) is 0 Å². The number of aromatic amines is 1. The Bertz CT molecular complexity index is 619. The van der Waals surface area contributed by atoms with Crippen LogP contribution in [0.3, 0.4) is 0 Å². The molecule has 0 radical (unpaired) electrons. The van der Waals surface area contributed by atoms with Crippen LogP contribution < -0.4 is 5.76 Å². The second-order valence-electron chi connectivity index (χ2n) is 2.64. The molecule has 0 spiro atoms. The number of halogens is 2. The van der Waals surface area contributed by atoms with Crippen molar-refractivity contribution >= 4 is 49.7 Å². The number of hydrogen-bond donors (Lipinski definition) is 2. The summed E-state index contributed by atoms with van der Waals surface area (Å²) in [7, 11) is 0. The van der Waals surface area contributed by atoms with E-state index in [-0.39, 0.29) is 15.5 Å². The summed E-state index contributed by atoms with van der Waals surface area (Å²) in [5.41, 5.74) is 0.438. The van der Waals surface area contributed by atoms with E-state index in [1.807, 2.05) is 0 Å². The minimum Gasteiger partial charge on any atom is -0.406 e. The fourth-order valence-corrected chi connectivity index (χ4v) is 3.03. The van der Waals surface area contributed by atoms with Crippen molar-refractivity contribution in [1.29, 1.82) is 0 Å². The number of fused-ring (bicyclic) bond motifs is 1. The Balaban J connectivity index is 2.95. The minimum absolute atomic E-state index is 0.0214. The SMILES string of the molecule is O=c1[nH]c2cc(Br)c(S(=O)O)c(Cl)c2o1. The van der Waals surface area contributed by atoms with Crippen LogP contribution in [0.1, 0.15) is 0 Å². The van der Waals surface area contributed by atoms with Gasteiger partial charge in [-0.3, -0.25) is 4.98 Å². The molecule has 1 atom stereocenters. The van der Waals surface area contributed by atoms with E-state index < -0.39 is 16.8 Å². The molecule has 0 saturated carbocycles. The van der Waals surface area contributed by atoms with Gasteiger partial charge in [-0.2, -0.15) is 0 Å². The lowest BCUT2D eigenvalue weighted by atomic mass is 10.3. The van der Waals surface area contributed by atoms with Crippen LogP contribution in [0.4, 0.5) is 0 Å². The molecule has 0 fully saturated rings. The van der Waals surface area contributed by atoms with E-state index >= 15 is 0 Å². The monoisotopic (exact) mass is 311 g/mol. The highest BCUT2D eigenvalue weighted by molar-refractivity contribution is 9.10. The summed E-state index contributed by atoms with van der Waals surface area (Å²) >= 11 is 6.64. The minimum atomic E-state index is -2.25. The third kappa shape index (κ3) is 1.76. The number of nitrogens with one attached hydrogen (secondary N) is 1. The Kier molecular flexibility index (Phi) is 2.72. The fraction of sp³-hybridized carbons (Fsp3) is 0. The van der Waals surface area contributed by atoms with Crippen molar-refractivity contribution in [3.05, 3.63) is 26.1 Å². The van der Waals surface area contributed by atoms with Crippen molar-refractivity contribution in [2.24, 2.45) is 0 Å². The molecule has 15 heavy (non-hydrogen) atoms. The van der Waals surface area contributed by atoms with Gasteiger partial charge in [0.05, 0.1) is 5.52 Å². The molecule has 0 amide bonds. The number of oxazole rings is 1. The third-order valence-corrected chi connectivity index (χ3v) is 3.87. The lowest BCUT2D eigenvalue weighted by molar-refractivity contribution is 0.551. The predicted octanol–water partition coefficient (Wildman–Crippen LogP) is 2.12. The van der Waals surface area contributed by atoms with Gasteiger partial charge in [-0.1, -0.05) is 11.6 Å². The topological polar surface area (TPSA) is 83.3 Å². The molecule has 1 unspecified atom stereocenters. The number of hydrogen-bond acceptors (Lipinski definition) is 3. The quantitative estimate of drug-likeness (QED) is 0.790. The van der Waals surface area contributed by atoms with Crippen molar-refractivity contribution in [3.63, 3.8) is 0 Å². The Morgan fingerprint density at radius 1 is 1.60 bits per heavy atom. The Morgan fingerprint density at radius 2 is 2.27 bits per heavy atom. The Hall–Kier alpha value is -0.630. The average Bonchev–Trinajstić information content (AvgIpc) is 2.45. The van der Waals surface area contributed by atoms with Crippen LogP contribution in [0.2, 0.25) is 5.02 Å². The highest BCUT2D eigenvalue weighted by Crippen LogP contribution is 2.33. The van der Waals surface area contributed by atoms with Crippen molar-refractivity contribution in [1.82, 2.24) is 4.98 Å². The molecule has 0 bridgehead atoms. The maximum atomic E-state index is 11.0. The first-order valence-corrected chi connectivity index (χ1v) is 5.90. The van der Waals surface area contributed by atoms with Gasteiger partial charge in [0.1, 0.15) is 9.92 Å². The number of rotatable bonds is 1. The molecule has 2 aromatic rings. The predicted molar refractivity (Wildman–Crippen MR) is 58.6 cm³/mol. The van der Waals surface area contributed by atoms with Crippen molar-refractivity contribution < 1.29 is 13.2 Å². The van der Waals surface area contributed by atoms with Gasteiger partial charge in [-0.25, -0.2) is 9.00 Å². The van der Waals surface area contributed by atoms with E-state index in [0.717, 1.165) is 0 Å². The summed E-state index contributed by atoms with van der Waals surface area (Å²) in [5.74, 6) is -0.667. The lowest BCUT2D eigenvalue weighted by Crippen LogP contribution is -1.93. The summed E-state index contributed by atoms with van der Waals surface area (Å²) in [6, 6.07) is 1.45. The van der Waals surface area contributed by atoms with E-state index in [9.17, 15) is 9.00 Å². The largest absolute Gasteiger partial charge is 0.417 e. The molecule has 0 aliphatic carbocycles. The van der Waals surface area contributed by atoms with E-state index in [4.69, 9.17) is 20.6 Å². The highest BCUT2D eigenvalue weighted by atomic mass is 79.9. The molecule has 80 valence electrons. The van der Waals surface area contributed by atoms with Gasteiger partial charge in [0.15, 0.2) is 16.7 Å². The average molecular weight is 313 g/mol. The van der Waals surface area contributed by atoms with Crippen LogP contribution in [0.15, 0.2) is 24.6 Å². The first-order chi connectivity index (χ1) is 7.00. The van der Waals surface area contributed by atoms with Crippen LogP contribution in [0.25, 0.3) is 11.1 Å². The van der Waals surface area contributed by atoms with Gasteiger partial charge in [0, 0.05) is 4.47 Å². The standard InChI is InChI=1S/C7H3BrClNO4S/c8-2-1-3-5(14-7(11)10-3)4(9)6(2)15(12)13/h1H,(H,10,11)(H,12,13). The molecular formula is C7H3BrClNO4S. The number of benzene rings is 1. The second-order valence-corrected chi connectivity index (χ2v) is 4.78. The van der Waals surface area contributed by atoms with Gasteiger partial charge in [-0.05, 0) is 22.0 Å². The van der Waals surface area contributed by atoms with Crippen LogP contribution in [0.5, 0.6) is 0 Å². The molecule has 0 aliphatic heterocycles. The molecule has 5 nitrogen and oxygen atoms in total. The molecule has 8 heteroatoms. The van der Waals surface area contributed by atoms with Gasteiger partial charge < -0.3 is 8.97 Å². The van der Waals surface area contributed by atoms with Gasteiger partial charge in [0.25, 0.3) is 0 Å². The molecule has 1 aromatic carbocycles. The summed E-state index contributed by atoms with van der Waals surface area (Å²) in [5, 5.41) is -0.0569. The zero-order valence-corrected chi connectivity index (χ0v) is 10.1. The van der Waals surface area contributed by atoms with E-state index in [0.29, 0.717) is 9.99 Å². The van der Waals surface area contributed by atoms with Crippen LogP contribution in [-0.2, 0) is 11.1 Å². The lowest BCUT2D eigenvalue weighted by Gasteiger charge is -2.01. The van der Waals surface area contributed by atoms with Crippen LogP contribution >= 0.6 is 27.5 Å². The third-order valence-electron chi connectivity index (χ3n) is 1.74. The van der Waals surface area contributed by atoms with Gasteiger partial charge in [-0.15, -0.1) is 0 Å². The van der Waals surface area contributed by atoms with Crippen molar-refractivity contribution in [2.45, 2.75) is 4.90 Å². The summed E-state index contributed by atoms with van der Waals surface area (Å²) in [4.78, 5) is 13.3. The molecule has 1 aromatic heterocycles. The number of aromatic nitrogens is 1. The summed E-state index contributed by atoms with van der Waals surface area (Å²) < 4.78 is 25.0. The smallest absolute Gasteiger partial charge is 0.406 e. The van der Waals surface area contributed by atoms with E-state index in [2.05, 4.69) is 20.9 Å². The van der Waals surface area contributed by atoms with E-state index in [1.54, 1.807) is 0 Å². The zero-order chi connectivity index (χ0) is 11.2. The van der Waals surface area contributed by atoms with Gasteiger partial charge in [0.2, 0.25) is 0 Å². The fourth-order valence-electron chi connectivity index (χ4n) is 1.16. The molecular weight excluding hydrogens is 310 g/mol. The first kappa shape index (κ1) is 10.9. The van der Waals surface area contributed by atoms with Crippen LogP contribution in [-0.4, -0.2) is 13.7 Å². The molecule has 2 N–H and O–H groups in total. The van der Waals surface area contributed by atoms with Crippen molar-refractivity contribution in [3.8, 4) is 0 Å². The zero-order valence-electron chi connectivity index (χ0n) is 6.91. The number of H-pyrrole nitrogens is 1. The van der Waals surface area contributed by atoms with Gasteiger partial charge >= 0.3 is 5.76 Å². The molecule has 0 saturated heterocycles. The molecule has 2 rings (SSSR count). The summed E-state index contributed by atoms with van der Waals surface area (Å²) in [6.07, 6.45) is 0. The van der Waals surface area contributed by atoms with Crippen LogP contribution in [0, 0.1) is 0 Å². The maximum absolute atomic E-state index is 11.0. The Morgan fingerprint density at radius 3 is 2.87 bits per heavy atom. The molecule has 1 heterocycles. The Labute approximate surface area is 98.8 Å². The normalized spacial score (nSPS) is 13.3. The first-order valence-electron chi connectivity index (χ1n) is 3.62. The summed E-state index contributed by atoms with van der Waals surface area (Å²) in [6.45, 7) is 0. The second kappa shape index (κ2) is 3.75.